The van der Waals surface area contributed by atoms with Gasteiger partial charge in [-0.1, -0.05) is 12.1 Å². The Morgan fingerprint density at radius 2 is 1.39 bits per heavy atom. The molecule has 0 aliphatic carbocycles. The summed E-state index contributed by atoms with van der Waals surface area (Å²) in [5.74, 6) is -2.43. The minimum absolute atomic E-state index is 0.407. The summed E-state index contributed by atoms with van der Waals surface area (Å²) in [7, 11) is 0. The first kappa shape index (κ1) is 12.9. The van der Waals surface area contributed by atoms with Gasteiger partial charge in [0.1, 0.15) is 11.7 Å². The highest BCUT2D eigenvalue weighted by Crippen LogP contribution is 2.21. The van der Waals surface area contributed by atoms with Gasteiger partial charge in [0, 0.05) is 0 Å². The zero-order valence-corrected chi connectivity index (χ0v) is 11.2. The van der Waals surface area contributed by atoms with Gasteiger partial charge in [0.15, 0.2) is 11.6 Å². The summed E-state index contributed by atoms with van der Waals surface area (Å²) in [5.41, 5.74) is 0. The molecule has 92 valence electrons. The number of hydrogen-bond acceptors (Lipinski definition) is 5. The zero-order chi connectivity index (χ0) is 13.1. The van der Waals surface area contributed by atoms with E-state index in [4.69, 9.17) is 0 Å². The lowest BCUT2D eigenvalue weighted by molar-refractivity contribution is -0.118. The van der Waals surface area contributed by atoms with Crippen molar-refractivity contribution in [3.63, 3.8) is 0 Å². The van der Waals surface area contributed by atoms with E-state index in [0.29, 0.717) is 9.75 Å². The van der Waals surface area contributed by atoms with Gasteiger partial charge in [-0.3, -0.25) is 14.4 Å². The molecule has 2 rings (SSSR count). The van der Waals surface area contributed by atoms with Gasteiger partial charge in [0.05, 0.1) is 9.75 Å². The normalized spacial score (nSPS) is 10.6. The molecule has 0 aliphatic heterocycles. The fraction of sp³-hybridized carbons (Fsp3) is 0.154. The monoisotopic (exact) mass is 278 g/mol. The average Bonchev–Trinajstić information content (AvgIpc) is 3.02. The molecular weight excluding hydrogens is 268 g/mol. The Kier molecular flexibility index (Phi) is 3.84. The van der Waals surface area contributed by atoms with E-state index in [0.717, 1.165) is 0 Å². The third-order valence-corrected chi connectivity index (χ3v) is 4.23. The number of Topliss-reactive ketones (excluding diaryl/α,β-unsaturated/α-hetero) is 3. The Morgan fingerprint density at radius 1 is 0.944 bits per heavy atom. The Hall–Kier alpha value is -1.59. The van der Waals surface area contributed by atoms with Gasteiger partial charge in [-0.05, 0) is 29.8 Å². The molecule has 0 saturated carbocycles. The van der Waals surface area contributed by atoms with Crippen molar-refractivity contribution in [2.45, 2.75) is 6.92 Å². The molecule has 0 N–H and O–H groups in total. The van der Waals surface area contributed by atoms with Crippen molar-refractivity contribution in [3.05, 3.63) is 44.8 Å². The second-order valence-corrected chi connectivity index (χ2v) is 5.62. The zero-order valence-electron chi connectivity index (χ0n) is 9.58. The van der Waals surface area contributed by atoms with Crippen LogP contribution in [0.5, 0.6) is 0 Å². The van der Waals surface area contributed by atoms with Crippen LogP contribution < -0.4 is 0 Å². The summed E-state index contributed by atoms with van der Waals surface area (Å²) in [4.78, 5) is 36.8. The van der Waals surface area contributed by atoms with Crippen molar-refractivity contribution in [1.82, 2.24) is 0 Å². The predicted octanol–water partition coefficient (Wildman–Crippen LogP) is 3.08. The van der Waals surface area contributed by atoms with E-state index in [-0.39, 0.29) is 0 Å². The van der Waals surface area contributed by atoms with Crippen molar-refractivity contribution in [2.75, 3.05) is 0 Å². The summed E-state index contributed by atoms with van der Waals surface area (Å²) >= 11 is 2.48. The van der Waals surface area contributed by atoms with E-state index in [2.05, 4.69) is 0 Å². The smallest absolute Gasteiger partial charge is 0.191 e. The summed E-state index contributed by atoms with van der Waals surface area (Å²) < 4.78 is 0. The molecule has 0 bridgehead atoms. The molecule has 0 atom stereocenters. The van der Waals surface area contributed by atoms with Crippen LogP contribution in [0.3, 0.4) is 0 Å². The molecule has 0 amide bonds. The lowest BCUT2D eigenvalue weighted by Gasteiger charge is -2.09. The van der Waals surface area contributed by atoms with Crippen LogP contribution in [-0.4, -0.2) is 17.3 Å². The third kappa shape index (κ3) is 2.47. The van der Waals surface area contributed by atoms with Crippen molar-refractivity contribution >= 4 is 40.0 Å². The van der Waals surface area contributed by atoms with Crippen LogP contribution >= 0.6 is 22.7 Å². The molecule has 2 aromatic heterocycles. The standard InChI is InChI=1S/C13H10O3S2/c1-8(14)11(12(15)9-4-2-6-17-9)13(16)10-5-3-7-18-10/h2-7,11H,1H3. The number of rotatable bonds is 5. The van der Waals surface area contributed by atoms with E-state index in [9.17, 15) is 14.4 Å². The predicted molar refractivity (Wildman–Crippen MR) is 71.5 cm³/mol. The van der Waals surface area contributed by atoms with Crippen LogP contribution in [-0.2, 0) is 4.79 Å². The van der Waals surface area contributed by atoms with Gasteiger partial charge in [0.2, 0.25) is 0 Å². The Bertz CT molecular complexity index is 521. The average molecular weight is 278 g/mol. The summed E-state index contributed by atoms with van der Waals surface area (Å²) in [5, 5.41) is 3.50. The number of carbonyl (C=O) groups excluding carboxylic acids is 3. The molecule has 0 spiro atoms. The van der Waals surface area contributed by atoms with Crippen molar-refractivity contribution < 1.29 is 14.4 Å². The molecule has 0 saturated heterocycles. The first-order chi connectivity index (χ1) is 8.61. The van der Waals surface area contributed by atoms with Crippen molar-refractivity contribution in [3.8, 4) is 0 Å². The fourth-order valence-electron chi connectivity index (χ4n) is 1.61. The lowest BCUT2D eigenvalue weighted by atomic mass is 9.93. The molecule has 2 heterocycles. The number of ketones is 3. The topological polar surface area (TPSA) is 51.2 Å². The molecule has 0 radical (unpaired) electrons. The van der Waals surface area contributed by atoms with Gasteiger partial charge < -0.3 is 0 Å². The number of carbonyl (C=O) groups is 3. The van der Waals surface area contributed by atoms with Crippen LogP contribution in [0.4, 0.5) is 0 Å². The maximum atomic E-state index is 12.2. The van der Waals surface area contributed by atoms with Gasteiger partial charge in [-0.25, -0.2) is 0 Å². The molecule has 0 aromatic carbocycles. The summed E-state index contributed by atoms with van der Waals surface area (Å²) in [6.45, 7) is 1.28. The van der Waals surface area contributed by atoms with E-state index in [1.54, 1.807) is 35.0 Å². The Labute approximate surface area is 112 Å². The highest BCUT2D eigenvalue weighted by Gasteiger charge is 2.33. The minimum atomic E-state index is -1.21. The van der Waals surface area contributed by atoms with Gasteiger partial charge in [0.25, 0.3) is 0 Å². The largest absolute Gasteiger partial charge is 0.299 e. The summed E-state index contributed by atoms with van der Waals surface area (Å²) in [6, 6.07) is 6.71. The highest BCUT2D eigenvalue weighted by molar-refractivity contribution is 7.13. The van der Waals surface area contributed by atoms with Gasteiger partial charge >= 0.3 is 0 Å². The quantitative estimate of drug-likeness (QED) is 0.624. The van der Waals surface area contributed by atoms with E-state index in [1.807, 2.05) is 0 Å². The van der Waals surface area contributed by atoms with Crippen LogP contribution in [0.25, 0.3) is 0 Å². The van der Waals surface area contributed by atoms with Crippen LogP contribution in [0.15, 0.2) is 35.0 Å². The van der Waals surface area contributed by atoms with E-state index >= 15 is 0 Å². The summed E-state index contributed by atoms with van der Waals surface area (Å²) in [6.07, 6.45) is 0. The number of hydrogen-bond donors (Lipinski definition) is 0. The first-order valence-corrected chi connectivity index (χ1v) is 7.03. The molecule has 0 fully saturated rings. The minimum Gasteiger partial charge on any atom is -0.299 e. The molecule has 2 aromatic rings. The van der Waals surface area contributed by atoms with Crippen molar-refractivity contribution in [2.24, 2.45) is 5.92 Å². The Morgan fingerprint density at radius 3 is 1.67 bits per heavy atom. The van der Waals surface area contributed by atoms with E-state index in [1.165, 1.54) is 29.6 Å². The lowest BCUT2D eigenvalue weighted by Crippen LogP contribution is -2.29. The molecule has 5 heteroatoms. The van der Waals surface area contributed by atoms with Crippen LogP contribution in [0, 0.1) is 5.92 Å². The first-order valence-electron chi connectivity index (χ1n) is 5.27. The fourth-order valence-corrected chi connectivity index (χ4v) is 3.00. The van der Waals surface area contributed by atoms with Crippen molar-refractivity contribution in [1.29, 1.82) is 0 Å². The van der Waals surface area contributed by atoms with Gasteiger partial charge in [-0.2, -0.15) is 0 Å². The second-order valence-electron chi connectivity index (χ2n) is 3.73. The maximum Gasteiger partial charge on any atom is 0.191 e. The van der Waals surface area contributed by atoms with Gasteiger partial charge in [-0.15, -0.1) is 22.7 Å². The Balaban J connectivity index is 2.32. The van der Waals surface area contributed by atoms with Crippen LogP contribution in [0.2, 0.25) is 0 Å². The number of thiophene rings is 2. The van der Waals surface area contributed by atoms with E-state index < -0.39 is 23.3 Å². The molecule has 0 unspecified atom stereocenters. The molecule has 3 nitrogen and oxygen atoms in total. The highest BCUT2D eigenvalue weighted by atomic mass is 32.1. The SMILES string of the molecule is CC(=O)C(C(=O)c1cccs1)C(=O)c1cccs1. The molecule has 18 heavy (non-hydrogen) atoms. The van der Waals surface area contributed by atoms with Crippen LogP contribution in [0.1, 0.15) is 26.3 Å². The maximum absolute atomic E-state index is 12.2. The molecule has 0 aliphatic rings. The molecular formula is C13H10O3S2. The second kappa shape index (κ2) is 5.37. The third-order valence-electron chi connectivity index (χ3n) is 2.46.